The number of carbonyl (C=O) groups is 5. The average molecular weight is 749 g/mol. The Labute approximate surface area is 308 Å². The van der Waals surface area contributed by atoms with Crippen molar-refractivity contribution in [2.75, 3.05) is 12.4 Å². The third-order valence-corrected chi connectivity index (χ3v) is 9.02. The van der Waals surface area contributed by atoms with Crippen LogP contribution in [0, 0.1) is 5.92 Å². The number of nitrogens with one attached hydrogen (secondary N) is 3. The van der Waals surface area contributed by atoms with E-state index in [2.05, 4.69) is 16.0 Å². The van der Waals surface area contributed by atoms with Gasteiger partial charge in [0.2, 0.25) is 23.3 Å². The van der Waals surface area contributed by atoms with Crippen molar-refractivity contribution in [3.63, 3.8) is 0 Å². The van der Waals surface area contributed by atoms with E-state index in [1.165, 1.54) is 13.2 Å². The second-order valence-electron chi connectivity index (χ2n) is 13.4. The molecule has 1 saturated heterocycles. The minimum Gasteiger partial charge on any atom is -0.423 e. The monoisotopic (exact) mass is 748 g/mol. The Balaban J connectivity index is 1.45. The van der Waals surface area contributed by atoms with E-state index in [0.29, 0.717) is 17.2 Å². The van der Waals surface area contributed by atoms with Crippen LogP contribution in [0.25, 0.3) is 11.0 Å². The van der Waals surface area contributed by atoms with Crippen LogP contribution in [0.4, 0.5) is 18.9 Å². The summed E-state index contributed by atoms with van der Waals surface area (Å²) in [6.45, 7) is 3.61. The molecule has 54 heavy (non-hydrogen) atoms. The molecule has 1 aliphatic rings. The number of rotatable bonds is 13. The highest BCUT2D eigenvalue weighted by atomic mass is 19.4. The van der Waals surface area contributed by atoms with Crippen LogP contribution in [0.2, 0.25) is 0 Å². The minimum absolute atomic E-state index is 0.0164. The van der Waals surface area contributed by atoms with Gasteiger partial charge in [0.1, 0.15) is 17.7 Å². The zero-order valence-corrected chi connectivity index (χ0v) is 29.7. The molecule has 0 saturated carbocycles. The maximum absolute atomic E-state index is 14.3. The maximum atomic E-state index is 14.3. The van der Waals surface area contributed by atoms with Gasteiger partial charge in [0, 0.05) is 48.9 Å². The van der Waals surface area contributed by atoms with Gasteiger partial charge in [-0.25, -0.2) is 4.79 Å². The molecule has 4 amide bonds. The Hall–Kier alpha value is -5.83. The summed E-state index contributed by atoms with van der Waals surface area (Å²) >= 11 is 0. The topological polar surface area (TPSA) is 164 Å². The fourth-order valence-corrected chi connectivity index (χ4v) is 6.49. The van der Waals surface area contributed by atoms with Gasteiger partial charge in [0.25, 0.3) is 5.91 Å². The number of halogens is 3. The highest BCUT2D eigenvalue weighted by Gasteiger charge is 2.56. The zero-order valence-electron chi connectivity index (χ0n) is 29.7. The zero-order chi connectivity index (χ0) is 39.2. The number of piperidine rings is 1. The maximum Gasteiger partial charge on any atom is 0.417 e. The van der Waals surface area contributed by atoms with Gasteiger partial charge < -0.3 is 20.4 Å². The Morgan fingerprint density at radius 1 is 0.852 bits per heavy atom. The number of anilines is 1. The van der Waals surface area contributed by atoms with Crippen molar-refractivity contribution in [3.8, 4) is 0 Å². The van der Waals surface area contributed by atoms with E-state index in [1.807, 2.05) is 0 Å². The summed E-state index contributed by atoms with van der Waals surface area (Å²) in [6.07, 6.45) is -5.44. The Morgan fingerprint density at radius 2 is 1.50 bits per heavy atom. The number of hydroxylamine groups is 2. The highest BCUT2D eigenvalue weighted by molar-refractivity contribution is 6.16. The standard InChI is InChI=1S/C39H39F3N4O8/c1-23(2)18-29(45-37(52)38(22-25-12-8-5-9-13-25)32(47)16-17-33(48)46(38)53-3)36(51)44-30(19-24-10-6-4-7-11-24)35(50)43-26-14-15-27-28(39(40,41)42)21-34(49)54-31(27)20-26/h4-15,20-21,23,29-30H,16-19,22H2,1-3H3,(H,43,50)(H,44,51)(H,45,52)/t29-,30-,38+/m0/s1. The number of carbonyl (C=O) groups excluding carboxylic acids is 5. The molecule has 1 aliphatic heterocycles. The molecule has 3 aromatic carbocycles. The minimum atomic E-state index is -4.84. The Bertz CT molecular complexity index is 2090. The quantitative estimate of drug-likeness (QED) is 0.130. The van der Waals surface area contributed by atoms with Gasteiger partial charge >= 0.3 is 11.8 Å². The van der Waals surface area contributed by atoms with E-state index < -0.39 is 75.4 Å². The number of amides is 4. The van der Waals surface area contributed by atoms with Crippen LogP contribution < -0.4 is 21.6 Å². The fraction of sp³-hybridized carbons (Fsp3) is 0.333. The molecule has 1 fully saturated rings. The SMILES string of the molecule is CON1C(=O)CCC(=O)[C@]1(Cc1ccccc1)C(=O)N[C@@H](CC(C)C)C(=O)N[C@@H](Cc1ccccc1)C(=O)Nc1ccc2c(C(F)(F)F)cc(=O)oc2c1. The van der Waals surface area contributed by atoms with Crippen LogP contribution in [-0.2, 0) is 47.8 Å². The van der Waals surface area contributed by atoms with Gasteiger partial charge in [0.05, 0.1) is 12.7 Å². The molecule has 0 bridgehead atoms. The second kappa shape index (κ2) is 16.5. The molecule has 3 N–H and O–H groups in total. The van der Waals surface area contributed by atoms with Crippen molar-refractivity contribution in [1.29, 1.82) is 0 Å². The number of hydrogen-bond donors (Lipinski definition) is 3. The molecule has 0 radical (unpaired) electrons. The van der Waals surface area contributed by atoms with Crippen molar-refractivity contribution < 1.29 is 46.4 Å². The number of benzene rings is 3. The van der Waals surface area contributed by atoms with Crippen LogP contribution in [0.15, 0.2) is 94.1 Å². The summed E-state index contributed by atoms with van der Waals surface area (Å²) in [5.74, 6) is -3.83. The van der Waals surface area contributed by atoms with E-state index in [4.69, 9.17) is 9.25 Å². The molecule has 12 nitrogen and oxygen atoms in total. The number of hydrogen-bond acceptors (Lipinski definition) is 8. The van der Waals surface area contributed by atoms with Crippen molar-refractivity contribution in [1.82, 2.24) is 15.7 Å². The molecule has 3 atom stereocenters. The summed E-state index contributed by atoms with van der Waals surface area (Å²) < 4.78 is 45.8. The summed E-state index contributed by atoms with van der Waals surface area (Å²) in [5, 5.41) is 8.33. The van der Waals surface area contributed by atoms with Gasteiger partial charge in [-0.3, -0.25) is 28.8 Å². The van der Waals surface area contributed by atoms with Gasteiger partial charge in [-0.05, 0) is 35.6 Å². The van der Waals surface area contributed by atoms with E-state index >= 15 is 0 Å². The van der Waals surface area contributed by atoms with Crippen molar-refractivity contribution in [3.05, 3.63) is 112 Å². The van der Waals surface area contributed by atoms with Crippen LogP contribution in [0.5, 0.6) is 0 Å². The molecular formula is C39H39F3N4O8. The van der Waals surface area contributed by atoms with Crippen molar-refractivity contribution in [2.24, 2.45) is 5.92 Å². The molecule has 0 spiro atoms. The third kappa shape index (κ3) is 8.85. The summed E-state index contributed by atoms with van der Waals surface area (Å²) in [4.78, 5) is 86.3. The lowest BCUT2D eigenvalue weighted by atomic mass is 9.80. The van der Waals surface area contributed by atoms with E-state index in [9.17, 15) is 41.9 Å². The van der Waals surface area contributed by atoms with Crippen LogP contribution in [-0.4, -0.2) is 59.2 Å². The first kappa shape index (κ1) is 39.4. The first-order chi connectivity index (χ1) is 25.6. The third-order valence-electron chi connectivity index (χ3n) is 9.02. The number of alkyl halides is 3. The number of fused-ring (bicyclic) bond motifs is 1. The molecule has 1 aromatic heterocycles. The van der Waals surface area contributed by atoms with Gasteiger partial charge in [-0.2, -0.15) is 18.2 Å². The molecule has 15 heteroatoms. The number of nitrogens with zero attached hydrogens (tertiary/aromatic N) is 1. The number of ketones is 1. The van der Waals surface area contributed by atoms with Gasteiger partial charge in [0.15, 0.2) is 5.78 Å². The lowest BCUT2D eigenvalue weighted by molar-refractivity contribution is -0.216. The largest absolute Gasteiger partial charge is 0.423 e. The van der Waals surface area contributed by atoms with Crippen molar-refractivity contribution in [2.45, 2.75) is 69.8 Å². The molecule has 4 aromatic rings. The fourth-order valence-electron chi connectivity index (χ4n) is 6.49. The first-order valence-corrected chi connectivity index (χ1v) is 17.2. The summed E-state index contributed by atoms with van der Waals surface area (Å²) in [7, 11) is 1.17. The van der Waals surface area contributed by atoms with Crippen molar-refractivity contribution >= 4 is 46.1 Å². The lowest BCUT2D eigenvalue weighted by Gasteiger charge is -2.43. The molecular weight excluding hydrogens is 709 g/mol. The van der Waals surface area contributed by atoms with E-state index in [1.54, 1.807) is 74.5 Å². The first-order valence-electron chi connectivity index (χ1n) is 17.2. The average Bonchev–Trinajstić information content (AvgIpc) is 3.12. The van der Waals surface area contributed by atoms with Crippen LogP contribution in [0.3, 0.4) is 0 Å². The number of Topliss-reactive ketones (excluding diaryl/α,β-unsaturated/α-hetero) is 1. The molecule has 0 unspecified atom stereocenters. The normalized spacial score (nSPS) is 17.3. The Kier molecular flexibility index (Phi) is 12.0. The predicted molar refractivity (Wildman–Crippen MR) is 191 cm³/mol. The van der Waals surface area contributed by atoms with Gasteiger partial charge in [-0.15, -0.1) is 0 Å². The molecule has 284 valence electrons. The van der Waals surface area contributed by atoms with E-state index in [0.717, 1.165) is 17.2 Å². The smallest absolute Gasteiger partial charge is 0.417 e. The second-order valence-corrected chi connectivity index (χ2v) is 13.4. The van der Waals surface area contributed by atoms with Crippen LogP contribution in [0.1, 0.15) is 49.8 Å². The summed E-state index contributed by atoms with van der Waals surface area (Å²) in [5.41, 5.74) is -3.80. The summed E-state index contributed by atoms with van der Waals surface area (Å²) in [6, 6.07) is 18.3. The molecule has 0 aliphatic carbocycles. The predicted octanol–water partition coefficient (Wildman–Crippen LogP) is 4.74. The highest BCUT2D eigenvalue weighted by Crippen LogP contribution is 2.35. The lowest BCUT2D eigenvalue weighted by Crippen LogP contribution is -2.70. The Morgan fingerprint density at radius 3 is 2.11 bits per heavy atom. The van der Waals surface area contributed by atoms with E-state index in [-0.39, 0.29) is 43.7 Å². The van der Waals surface area contributed by atoms with Gasteiger partial charge in [-0.1, -0.05) is 74.5 Å². The molecule has 5 rings (SSSR count). The molecule has 2 heterocycles. The van der Waals surface area contributed by atoms with Crippen LogP contribution >= 0.6 is 0 Å².